The SMILES string of the molecule is CC(C(=O)Nc1ccc(N2CCOCC2)cc1)N(c1cccc([N+](=O)[O-])c1)S(C)(=O)=O. The molecular weight excluding hydrogens is 424 g/mol. The van der Waals surface area contributed by atoms with Crippen LogP contribution in [0.4, 0.5) is 22.7 Å². The molecule has 0 radical (unpaired) electrons. The number of amides is 1. The Labute approximate surface area is 180 Å². The Bertz CT molecular complexity index is 1050. The fourth-order valence-corrected chi connectivity index (χ4v) is 4.54. The van der Waals surface area contributed by atoms with Gasteiger partial charge in [0.15, 0.2) is 0 Å². The molecule has 1 aliphatic rings. The second-order valence-electron chi connectivity index (χ2n) is 7.15. The van der Waals surface area contributed by atoms with Crippen LogP contribution in [-0.2, 0) is 19.6 Å². The van der Waals surface area contributed by atoms with E-state index in [9.17, 15) is 23.3 Å². The number of hydrogen-bond donors (Lipinski definition) is 1. The third kappa shape index (κ3) is 5.50. The van der Waals surface area contributed by atoms with E-state index < -0.39 is 26.9 Å². The van der Waals surface area contributed by atoms with E-state index in [0.717, 1.165) is 35.4 Å². The van der Waals surface area contributed by atoms with Crippen LogP contribution >= 0.6 is 0 Å². The lowest BCUT2D eigenvalue weighted by atomic mass is 10.2. The van der Waals surface area contributed by atoms with Crippen LogP contribution in [0.1, 0.15) is 6.92 Å². The Kier molecular flexibility index (Phi) is 6.76. The average Bonchev–Trinajstić information content (AvgIpc) is 2.74. The Morgan fingerprint density at radius 3 is 2.42 bits per heavy atom. The summed E-state index contributed by atoms with van der Waals surface area (Å²) in [6.07, 6.45) is 0.951. The van der Waals surface area contributed by atoms with E-state index in [0.29, 0.717) is 18.9 Å². The maximum atomic E-state index is 12.8. The molecule has 0 bridgehead atoms. The van der Waals surface area contributed by atoms with E-state index in [2.05, 4.69) is 10.2 Å². The molecule has 10 nitrogen and oxygen atoms in total. The fraction of sp³-hybridized carbons (Fsp3) is 0.350. The second-order valence-corrected chi connectivity index (χ2v) is 9.01. The minimum absolute atomic E-state index is 0.0435. The number of ether oxygens (including phenoxy) is 1. The van der Waals surface area contributed by atoms with Gasteiger partial charge in [0.1, 0.15) is 6.04 Å². The summed E-state index contributed by atoms with van der Waals surface area (Å²) in [5.74, 6) is -0.559. The van der Waals surface area contributed by atoms with Crippen molar-refractivity contribution in [2.75, 3.05) is 47.1 Å². The van der Waals surface area contributed by atoms with E-state index in [1.807, 2.05) is 12.1 Å². The van der Waals surface area contributed by atoms with Crippen molar-refractivity contribution < 1.29 is 22.9 Å². The summed E-state index contributed by atoms with van der Waals surface area (Å²) < 4.78 is 31.0. The van der Waals surface area contributed by atoms with Crippen LogP contribution in [0, 0.1) is 10.1 Å². The molecule has 2 aromatic rings. The number of benzene rings is 2. The largest absolute Gasteiger partial charge is 0.378 e. The number of anilines is 3. The number of rotatable bonds is 7. The predicted molar refractivity (Wildman–Crippen MR) is 118 cm³/mol. The number of nitro groups is 1. The maximum Gasteiger partial charge on any atom is 0.271 e. The minimum Gasteiger partial charge on any atom is -0.378 e. The molecule has 1 saturated heterocycles. The molecule has 1 amide bonds. The van der Waals surface area contributed by atoms with Crippen molar-refractivity contribution in [3.8, 4) is 0 Å². The fourth-order valence-electron chi connectivity index (χ4n) is 3.38. The topological polar surface area (TPSA) is 122 Å². The molecule has 0 aliphatic carbocycles. The smallest absolute Gasteiger partial charge is 0.271 e. The first-order valence-electron chi connectivity index (χ1n) is 9.64. The number of carbonyl (C=O) groups is 1. The quantitative estimate of drug-likeness (QED) is 0.509. The van der Waals surface area contributed by atoms with Gasteiger partial charge in [0.25, 0.3) is 5.69 Å². The average molecular weight is 449 g/mol. The monoisotopic (exact) mass is 448 g/mol. The third-order valence-corrected chi connectivity index (χ3v) is 6.14. The Balaban J connectivity index is 1.77. The molecule has 2 aromatic carbocycles. The highest BCUT2D eigenvalue weighted by atomic mass is 32.2. The highest BCUT2D eigenvalue weighted by Crippen LogP contribution is 2.26. The number of non-ortho nitro benzene ring substituents is 1. The van der Waals surface area contributed by atoms with Crippen LogP contribution in [0.5, 0.6) is 0 Å². The Hall–Kier alpha value is -3.18. The van der Waals surface area contributed by atoms with E-state index in [4.69, 9.17) is 4.74 Å². The summed E-state index contributed by atoms with van der Waals surface area (Å²) in [4.78, 5) is 25.4. The van der Waals surface area contributed by atoms with Gasteiger partial charge in [-0.15, -0.1) is 0 Å². The number of nitro benzene ring substituents is 1. The zero-order valence-corrected chi connectivity index (χ0v) is 18.0. The molecule has 0 spiro atoms. The molecular formula is C20H24N4O6S. The molecule has 1 N–H and O–H groups in total. The highest BCUT2D eigenvalue weighted by Gasteiger charge is 2.30. The number of nitrogens with zero attached hydrogens (tertiary/aromatic N) is 3. The first kappa shape index (κ1) is 22.5. The van der Waals surface area contributed by atoms with Crippen LogP contribution in [0.2, 0.25) is 0 Å². The summed E-state index contributed by atoms with van der Waals surface area (Å²) in [7, 11) is -3.89. The molecule has 11 heteroatoms. The highest BCUT2D eigenvalue weighted by molar-refractivity contribution is 7.92. The zero-order chi connectivity index (χ0) is 22.6. The number of carbonyl (C=O) groups excluding carboxylic acids is 1. The van der Waals surface area contributed by atoms with E-state index in [1.165, 1.54) is 25.1 Å². The van der Waals surface area contributed by atoms with Crippen molar-refractivity contribution >= 4 is 38.7 Å². The van der Waals surface area contributed by atoms with Gasteiger partial charge in [0, 0.05) is 36.6 Å². The van der Waals surface area contributed by atoms with Crippen LogP contribution in [0.3, 0.4) is 0 Å². The van der Waals surface area contributed by atoms with E-state index in [1.54, 1.807) is 12.1 Å². The molecule has 1 unspecified atom stereocenters. The molecule has 0 aromatic heterocycles. The number of hydrogen-bond acceptors (Lipinski definition) is 7. The molecule has 3 rings (SSSR count). The summed E-state index contributed by atoms with van der Waals surface area (Å²) in [5.41, 5.74) is 1.30. The Morgan fingerprint density at radius 1 is 1.19 bits per heavy atom. The van der Waals surface area contributed by atoms with Crippen LogP contribution in [-0.4, -0.2) is 57.8 Å². The molecule has 1 aliphatic heterocycles. The molecule has 0 saturated carbocycles. The van der Waals surface area contributed by atoms with Gasteiger partial charge in [-0.25, -0.2) is 8.42 Å². The lowest BCUT2D eigenvalue weighted by Crippen LogP contribution is -2.45. The molecule has 1 atom stereocenters. The van der Waals surface area contributed by atoms with Crippen LogP contribution in [0.15, 0.2) is 48.5 Å². The summed E-state index contributed by atoms with van der Waals surface area (Å²) in [6, 6.07) is 11.3. The lowest BCUT2D eigenvalue weighted by molar-refractivity contribution is -0.384. The van der Waals surface area contributed by atoms with Crippen LogP contribution in [0.25, 0.3) is 0 Å². The predicted octanol–water partition coefficient (Wildman–Crippen LogP) is 2.22. The normalized spacial score (nSPS) is 15.2. The van der Waals surface area contributed by atoms with Gasteiger partial charge in [-0.1, -0.05) is 6.07 Å². The summed E-state index contributed by atoms with van der Waals surface area (Å²) in [6.45, 7) is 4.33. The van der Waals surface area contributed by atoms with Crippen molar-refractivity contribution in [3.05, 3.63) is 58.6 Å². The van der Waals surface area contributed by atoms with Crippen molar-refractivity contribution in [3.63, 3.8) is 0 Å². The number of sulfonamides is 1. The molecule has 31 heavy (non-hydrogen) atoms. The standard InChI is InChI=1S/C20H24N4O6S/c1-15(23(31(2,28)29)18-4-3-5-19(14-18)24(26)27)20(25)21-16-6-8-17(9-7-16)22-10-12-30-13-11-22/h3-9,14-15H,10-13H2,1-2H3,(H,21,25). The first-order chi connectivity index (χ1) is 14.7. The molecule has 166 valence electrons. The second kappa shape index (κ2) is 9.31. The van der Waals surface area contributed by atoms with Gasteiger partial charge in [-0.05, 0) is 37.3 Å². The van der Waals surface area contributed by atoms with Gasteiger partial charge >= 0.3 is 0 Å². The first-order valence-corrected chi connectivity index (χ1v) is 11.5. The van der Waals surface area contributed by atoms with Gasteiger partial charge in [-0.3, -0.25) is 19.2 Å². The van der Waals surface area contributed by atoms with E-state index >= 15 is 0 Å². The van der Waals surface area contributed by atoms with Crippen molar-refractivity contribution in [2.24, 2.45) is 0 Å². The summed E-state index contributed by atoms with van der Waals surface area (Å²) >= 11 is 0. The van der Waals surface area contributed by atoms with E-state index in [-0.39, 0.29) is 11.4 Å². The zero-order valence-electron chi connectivity index (χ0n) is 17.2. The van der Waals surface area contributed by atoms with Gasteiger partial charge in [0.05, 0.1) is 30.1 Å². The van der Waals surface area contributed by atoms with Gasteiger partial charge in [0.2, 0.25) is 15.9 Å². The minimum atomic E-state index is -3.89. The number of nitrogens with one attached hydrogen (secondary N) is 1. The lowest BCUT2D eigenvalue weighted by Gasteiger charge is -2.29. The third-order valence-electron chi connectivity index (χ3n) is 4.89. The van der Waals surface area contributed by atoms with Crippen molar-refractivity contribution in [1.29, 1.82) is 0 Å². The maximum absolute atomic E-state index is 12.8. The number of morpholine rings is 1. The molecule has 1 fully saturated rings. The van der Waals surface area contributed by atoms with Crippen molar-refractivity contribution in [1.82, 2.24) is 0 Å². The van der Waals surface area contributed by atoms with Crippen molar-refractivity contribution in [2.45, 2.75) is 13.0 Å². The van der Waals surface area contributed by atoms with Gasteiger partial charge < -0.3 is 15.0 Å². The summed E-state index contributed by atoms with van der Waals surface area (Å²) in [5, 5.41) is 13.8. The van der Waals surface area contributed by atoms with Gasteiger partial charge in [-0.2, -0.15) is 0 Å². The van der Waals surface area contributed by atoms with Crippen LogP contribution < -0.4 is 14.5 Å². The molecule has 1 heterocycles. The Morgan fingerprint density at radius 2 is 1.84 bits per heavy atom.